The lowest BCUT2D eigenvalue weighted by Crippen LogP contribution is -2.15. The van der Waals surface area contributed by atoms with E-state index in [4.69, 9.17) is 4.74 Å². The van der Waals surface area contributed by atoms with Gasteiger partial charge in [-0.05, 0) is 45.0 Å². The molecule has 0 aliphatic rings. The van der Waals surface area contributed by atoms with Gasteiger partial charge in [-0.1, -0.05) is 6.92 Å². The van der Waals surface area contributed by atoms with E-state index in [1.54, 1.807) is 17.4 Å². The third-order valence-corrected chi connectivity index (χ3v) is 4.24. The fraction of sp³-hybridized carbons (Fsp3) is 0.438. The van der Waals surface area contributed by atoms with E-state index in [1.165, 1.54) is 17.0 Å². The van der Waals surface area contributed by atoms with Gasteiger partial charge in [0.1, 0.15) is 23.2 Å². The number of benzene rings is 1. The molecule has 5 heteroatoms. The maximum absolute atomic E-state index is 13.4. The van der Waals surface area contributed by atoms with Crippen LogP contribution in [-0.4, -0.2) is 11.5 Å². The lowest BCUT2D eigenvalue weighted by Gasteiger charge is -2.11. The first-order chi connectivity index (χ1) is 10.1. The first-order valence-electron chi connectivity index (χ1n) is 7.15. The highest BCUT2D eigenvalue weighted by Gasteiger charge is 2.08. The molecule has 0 amide bonds. The maximum atomic E-state index is 13.4. The van der Waals surface area contributed by atoms with Crippen LogP contribution in [0.1, 0.15) is 34.5 Å². The van der Waals surface area contributed by atoms with Gasteiger partial charge in [0.2, 0.25) is 0 Å². The molecular formula is C16H21FN2OS. The molecule has 2 rings (SSSR count). The number of halogens is 1. The van der Waals surface area contributed by atoms with E-state index in [2.05, 4.69) is 24.1 Å². The van der Waals surface area contributed by atoms with Crippen LogP contribution in [0.15, 0.2) is 18.2 Å². The summed E-state index contributed by atoms with van der Waals surface area (Å²) in [5.74, 6) is 0.474. The van der Waals surface area contributed by atoms with Crippen molar-refractivity contribution in [3.63, 3.8) is 0 Å². The summed E-state index contributed by atoms with van der Waals surface area (Å²) in [6.45, 7) is 8.08. The van der Waals surface area contributed by atoms with Crippen molar-refractivity contribution in [2.75, 3.05) is 6.54 Å². The van der Waals surface area contributed by atoms with Crippen molar-refractivity contribution in [1.29, 1.82) is 0 Å². The molecule has 3 nitrogen and oxygen atoms in total. The number of ether oxygens (including phenoxy) is 1. The van der Waals surface area contributed by atoms with Crippen LogP contribution in [0.5, 0.6) is 5.75 Å². The molecule has 0 saturated heterocycles. The molecule has 2 aromatic rings. The number of nitrogens with zero attached hydrogens (tertiary/aromatic N) is 1. The molecule has 1 aromatic heterocycles. The SMILES string of the molecule is CCCNCc1cc(F)ccc1OCc1nc(C)c(C)s1. The third kappa shape index (κ3) is 4.51. The van der Waals surface area contributed by atoms with E-state index < -0.39 is 0 Å². The second-order valence-electron chi connectivity index (χ2n) is 4.97. The quantitative estimate of drug-likeness (QED) is 0.786. The number of hydrogen-bond donors (Lipinski definition) is 1. The van der Waals surface area contributed by atoms with Crippen molar-refractivity contribution in [2.24, 2.45) is 0 Å². The lowest BCUT2D eigenvalue weighted by atomic mass is 10.2. The number of rotatable bonds is 7. The summed E-state index contributed by atoms with van der Waals surface area (Å²) in [5.41, 5.74) is 1.89. The fourth-order valence-corrected chi connectivity index (χ4v) is 2.81. The molecule has 0 aliphatic heterocycles. The largest absolute Gasteiger partial charge is 0.486 e. The molecule has 0 bridgehead atoms. The summed E-state index contributed by atoms with van der Waals surface area (Å²) >= 11 is 1.64. The Morgan fingerprint density at radius 2 is 2.14 bits per heavy atom. The van der Waals surface area contributed by atoms with Crippen LogP contribution in [0.4, 0.5) is 4.39 Å². The van der Waals surface area contributed by atoms with E-state index in [0.29, 0.717) is 18.9 Å². The van der Waals surface area contributed by atoms with Crippen molar-refractivity contribution < 1.29 is 9.13 Å². The lowest BCUT2D eigenvalue weighted by molar-refractivity contribution is 0.300. The third-order valence-electron chi connectivity index (χ3n) is 3.19. The normalized spacial score (nSPS) is 10.9. The highest BCUT2D eigenvalue weighted by atomic mass is 32.1. The van der Waals surface area contributed by atoms with Crippen molar-refractivity contribution in [2.45, 2.75) is 40.3 Å². The van der Waals surface area contributed by atoms with Crippen molar-refractivity contribution in [3.8, 4) is 5.75 Å². The second-order valence-corrected chi connectivity index (χ2v) is 6.25. The fourth-order valence-electron chi connectivity index (χ4n) is 1.97. The smallest absolute Gasteiger partial charge is 0.140 e. The Labute approximate surface area is 129 Å². The van der Waals surface area contributed by atoms with Gasteiger partial charge in [0.05, 0.1) is 5.69 Å². The Morgan fingerprint density at radius 1 is 1.33 bits per heavy atom. The Balaban J connectivity index is 2.04. The van der Waals surface area contributed by atoms with Crippen LogP contribution in [0, 0.1) is 19.7 Å². The van der Waals surface area contributed by atoms with Crippen molar-refractivity contribution >= 4 is 11.3 Å². The number of hydrogen-bond acceptors (Lipinski definition) is 4. The molecule has 0 unspecified atom stereocenters. The van der Waals surface area contributed by atoms with Gasteiger partial charge in [-0.2, -0.15) is 0 Å². The highest BCUT2D eigenvalue weighted by molar-refractivity contribution is 7.11. The first-order valence-corrected chi connectivity index (χ1v) is 7.96. The van der Waals surface area contributed by atoms with Gasteiger partial charge < -0.3 is 10.1 Å². The van der Waals surface area contributed by atoms with Crippen molar-refractivity contribution in [3.05, 3.63) is 45.2 Å². The summed E-state index contributed by atoms with van der Waals surface area (Å²) in [6, 6.07) is 4.64. The molecule has 0 radical (unpaired) electrons. The molecular weight excluding hydrogens is 287 g/mol. The first kappa shape index (κ1) is 15.9. The molecule has 1 aromatic carbocycles. The number of aryl methyl sites for hydroxylation is 2. The summed E-state index contributed by atoms with van der Waals surface area (Å²) in [4.78, 5) is 5.66. The predicted molar refractivity (Wildman–Crippen MR) is 84.3 cm³/mol. The van der Waals surface area contributed by atoms with E-state index in [0.717, 1.165) is 29.2 Å². The summed E-state index contributed by atoms with van der Waals surface area (Å²) in [5, 5.41) is 4.22. The van der Waals surface area contributed by atoms with E-state index in [1.807, 2.05) is 6.92 Å². The van der Waals surface area contributed by atoms with Crippen LogP contribution in [0.2, 0.25) is 0 Å². The van der Waals surface area contributed by atoms with Crippen molar-refractivity contribution in [1.82, 2.24) is 10.3 Å². The minimum absolute atomic E-state index is 0.239. The van der Waals surface area contributed by atoms with Crippen LogP contribution in [-0.2, 0) is 13.2 Å². The van der Waals surface area contributed by atoms with Crippen LogP contribution in [0.3, 0.4) is 0 Å². The zero-order valence-corrected chi connectivity index (χ0v) is 13.5. The van der Waals surface area contributed by atoms with Gasteiger partial charge in [0.25, 0.3) is 0 Å². The van der Waals surface area contributed by atoms with Gasteiger partial charge in [0, 0.05) is 17.0 Å². The molecule has 21 heavy (non-hydrogen) atoms. The summed E-state index contributed by atoms with van der Waals surface area (Å²) in [6.07, 6.45) is 1.04. The molecule has 0 saturated carbocycles. The molecule has 114 valence electrons. The minimum atomic E-state index is -0.239. The Hall–Kier alpha value is -1.46. The Kier molecular flexibility index (Phi) is 5.70. The molecule has 0 atom stereocenters. The number of thiazole rings is 1. The maximum Gasteiger partial charge on any atom is 0.140 e. The molecule has 0 aliphatic carbocycles. The van der Waals surface area contributed by atoms with Gasteiger partial charge in [-0.15, -0.1) is 11.3 Å². The van der Waals surface area contributed by atoms with Gasteiger partial charge in [-0.3, -0.25) is 0 Å². The molecule has 1 N–H and O–H groups in total. The number of aromatic nitrogens is 1. The molecule has 0 fully saturated rings. The standard InChI is InChI=1S/C16H21FN2OS/c1-4-7-18-9-13-8-14(17)5-6-15(13)20-10-16-19-11(2)12(3)21-16/h5-6,8,18H,4,7,9-10H2,1-3H3. The zero-order chi connectivity index (χ0) is 15.2. The Bertz CT molecular complexity index is 578. The minimum Gasteiger partial charge on any atom is -0.486 e. The van der Waals surface area contributed by atoms with E-state index in [9.17, 15) is 4.39 Å². The van der Waals surface area contributed by atoms with E-state index >= 15 is 0 Å². The predicted octanol–water partition coefficient (Wildman–Crippen LogP) is 3.98. The topological polar surface area (TPSA) is 34.1 Å². The highest BCUT2D eigenvalue weighted by Crippen LogP contribution is 2.23. The Morgan fingerprint density at radius 3 is 2.81 bits per heavy atom. The van der Waals surface area contributed by atoms with Crippen LogP contribution < -0.4 is 10.1 Å². The molecule has 1 heterocycles. The van der Waals surface area contributed by atoms with Gasteiger partial charge in [-0.25, -0.2) is 9.37 Å². The second kappa shape index (κ2) is 7.52. The van der Waals surface area contributed by atoms with Crippen LogP contribution >= 0.6 is 11.3 Å². The summed E-state index contributed by atoms with van der Waals surface area (Å²) in [7, 11) is 0. The number of nitrogens with one attached hydrogen (secondary N) is 1. The summed E-state index contributed by atoms with van der Waals surface area (Å²) < 4.78 is 19.2. The van der Waals surface area contributed by atoms with Gasteiger partial charge in [0.15, 0.2) is 0 Å². The average molecular weight is 308 g/mol. The zero-order valence-electron chi connectivity index (χ0n) is 12.7. The van der Waals surface area contributed by atoms with E-state index in [-0.39, 0.29) is 5.82 Å². The average Bonchev–Trinajstić information content (AvgIpc) is 2.77. The monoisotopic (exact) mass is 308 g/mol. The van der Waals surface area contributed by atoms with Crippen LogP contribution in [0.25, 0.3) is 0 Å². The van der Waals surface area contributed by atoms with Gasteiger partial charge >= 0.3 is 0 Å². The molecule has 0 spiro atoms.